The highest BCUT2D eigenvalue weighted by Crippen LogP contribution is 2.19. The molecule has 31 heavy (non-hydrogen) atoms. The second kappa shape index (κ2) is 11.5. The van der Waals surface area contributed by atoms with Gasteiger partial charge in [0, 0.05) is 18.2 Å². The molecule has 5 nitrogen and oxygen atoms in total. The first-order chi connectivity index (χ1) is 15.2. The molecule has 3 aromatic carbocycles. The Morgan fingerprint density at radius 3 is 2.55 bits per heavy atom. The Bertz CT molecular complexity index is 1040. The van der Waals surface area contributed by atoms with Crippen molar-refractivity contribution in [1.29, 1.82) is 0 Å². The third kappa shape index (κ3) is 6.97. The zero-order valence-corrected chi connectivity index (χ0v) is 17.9. The van der Waals surface area contributed by atoms with Crippen LogP contribution in [0.15, 0.2) is 91.5 Å². The van der Waals surface area contributed by atoms with Crippen LogP contribution in [0.1, 0.15) is 15.9 Å². The number of ether oxygens (including phenoxy) is 2. The lowest BCUT2D eigenvalue weighted by Gasteiger charge is -2.13. The monoisotopic (exact) mass is 432 g/mol. The molecule has 0 aliphatic rings. The molecule has 0 heterocycles. The van der Waals surface area contributed by atoms with Gasteiger partial charge in [-0.1, -0.05) is 61.2 Å². The fourth-order valence-electron chi connectivity index (χ4n) is 2.86. The van der Waals surface area contributed by atoms with Crippen molar-refractivity contribution in [1.82, 2.24) is 5.32 Å². The number of para-hydroxylation sites is 1. The van der Waals surface area contributed by atoms with Gasteiger partial charge in [-0.2, -0.15) is 0 Å². The summed E-state index contributed by atoms with van der Waals surface area (Å²) in [6, 6.07) is 24.4. The first kappa shape index (κ1) is 22.1. The summed E-state index contributed by atoms with van der Waals surface area (Å²) < 4.78 is 11.4. The van der Waals surface area contributed by atoms with E-state index in [4.69, 9.17) is 21.7 Å². The van der Waals surface area contributed by atoms with Gasteiger partial charge in [0.1, 0.15) is 18.1 Å². The smallest absolute Gasteiger partial charge is 0.261 e. The molecule has 0 aliphatic heterocycles. The maximum Gasteiger partial charge on any atom is 0.261 e. The summed E-state index contributed by atoms with van der Waals surface area (Å²) in [5.74, 6) is 0.849. The zero-order chi connectivity index (χ0) is 21.9. The molecule has 0 aliphatic carbocycles. The fraction of sp³-hybridized carbons (Fsp3) is 0.120. The lowest BCUT2D eigenvalue weighted by atomic mass is 10.1. The summed E-state index contributed by atoms with van der Waals surface area (Å²) in [7, 11) is 0. The van der Waals surface area contributed by atoms with Gasteiger partial charge in [0.25, 0.3) is 5.91 Å². The molecular weight excluding hydrogens is 408 g/mol. The van der Waals surface area contributed by atoms with E-state index >= 15 is 0 Å². The standard InChI is InChI=1S/C25H24N2O3S/c1-2-16-29-21-12-8-11-20(18-21)26-25(31)27-24(28)22-13-6-7-14-23(22)30-17-15-19-9-4-3-5-10-19/h2-14,18H,1,15-17H2,(H2,26,27,28,31). The van der Waals surface area contributed by atoms with Gasteiger partial charge in [0.05, 0.1) is 12.2 Å². The summed E-state index contributed by atoms with van der Waals surface area (Å²) in [6.07, 6.45) is 2.42. The number of anilines is 1. The molecule has 3 aromatic rings. The minimum Gasteiger partial charge on any atom is -0.492 e. The molecule has 3 rings (SSSR count). The molecule has 0 spiro atoms. The van der Waals surface area contributed by atoms with E-state index in [-0.39, 0.29) is 11.0 Å². The number of carbonyl (C=O) groups excluding carboxylic acids is 1. The van der Waals surface area contributed by atoms with Gasteiger partial charge in [-0.05, 0) is 42.0 Å². The van der Waals surface area contributed by atoms with Gasteiger partial charge >= 0.3 is 0 Å². The van der Waals surface area contributed by atoms with Crippen LogP contribution in [0, 0.1) is 0 Å². The van der Waals surface area contributed by atoms with Crippen LogP contribution in [0.25, 0.3) is 0 Å². The van der Waals surface area contributed by atoms with E-state index in [2.05, 4.69) is 17.2 Å². The Kier molecular flexibility index (Phi) is 8.20. The molecule has 0 aromatic heterocycles. The summed E-state index contributed by atoms with van der Waals surface area (Å²) >= 11 is 5.30. The van der Waals surface area contributed by atoms with E-state index in [0.717, 1.165) is 6.42 Å². The van der Waals surface area contributed by atoms with Crippen molar-refractivity contribution in [3.8, 4) is 11.5 Å². The molecule has 158 valence electrons. The Morgan fingerprint density at radius 2 is 1.74 bits per heavy atom. The van der Waals surface area contributed by atoms with Crippen molar-refractivity contribution in [2.24, 2.45) is 0 Å². The van der Waals surface area contributed by atoms with Gasteiger partial charge in [0.15, 0.2) is 5.11 Å². The van der Waals surface area contributed by atoms with E-state index in [9.17, 15) is 4.79 Å². The molecular formula is C25H24N2O3S. The first-order valence-electron chi connectivity index (χ1n) is 9.87. The van der Waals surface area contributed by atoms with Crippen molar-refractivity contribution in [2.45, 2.75) is 6.42 Å². The number of thiocarbonyl (C=S) groups is 1. The lowest BCUT2D eigenvalue weighted by Crippen LogP contribution is -2.34. The third-order valence-electron chi connectivity index (χ3n) is 4.31. The number of hydrogen-bond acceptors (Lipinski definition) is 4. The SMILES string of the molecule is C=CCOc1cccc(NC(=S)NC(=O)c2ccccc2OCCc2ccccc2)c1. The molecule has 0 bridgehead atoms. The normalized spacial score (nSPS) is 10.1. The third-order valence-corrected chi connectivity index (χ3v) is 4.51. The van der Waals surface area contributed by atoms with Gasteiger partial charge in [-0.25, -0.2) is 0 Å². The highest BCUT2D eigenvalue weighted by atomic mass is 32.1. The highest BCUT2D eigenvalue weighted by molar-refractivity contribution is 7.80. The van der Waals surface area contributed by atoms with E-state index in [1.807, 2.05) is 54.6 Å². The maximum absolute atomic E-state index is 12.8. The number of rotatable bonds is 9. The molecule has 0 radical (unpaired) electrons. The zero-order valence-electron chi connectivity index (χ0n) is 17.0. The van der Waals surface area contributed by atoms with Gasteiger partial charge < -0.3 is 14.8 Å². The summed E-state index contributed by atoms with van der Waals surface area (Å²) in [6.45, 7) is 4.51. The second-order valence-electron chi connectivity index (χ2n) is 6.62. The van der Waals surface area contributed by atoms with Crippen LogP contribution >= 0.6 is 12.2 Å². The van der Waals surface area contributed by atoms with E-state index < -0.39 is 0 Å². The van der Waals surface area contributed by atoms with Crippen molar-refractivity contribution in [2.75, 3.05) is 18.5 Å². The topological polar surface area (TPSA) is 59.6 Å². The van der Waals surface area contributed by atoms with Crippen molar-refractivity contribution < 1.29 is 14.3 Å². The van der Waals surface area contributed by atoms with Crippen molar-refractivity contribution in [3.63, 3.8) is 0 Å². The highest BCUT2D eigenvalue weighted by Gasteiger charge is 2.14. The van der Waals surface area contributed by atoms with Crippen LogP contribution in [0.5, 0.6) is 11.5 Å². The second-order valence-corrected chi connectivity index (χ2v) is 7.02. The van der Waals surface area contributed by atoms with E-state index in [1.165, 1.54) is 5.56 Å². The van der Waals surface area contributed by atoms with Crippen LogP contribution in [-0.4, -0.2) is 24.2 Å². The number of hydrogen-bond donors (Lipinski definition) is 2. The molecule has 6 heteroatoms. The number of carbonyl (C=O) groups is 1. The van der Waals surface area contributed by atoms with Crippen molar-refractivity contribution >= 4 is 28.9 Å². The van der Waals surface area contributed by atoms with Crippen molar-refractivity contribution in [3.05, 3.63) is 103 Å². The van der Waals surface area contributed by atoms with Gasteiger partial charge in [-0.3, -0.25) is 10.1 Å². The number of nitrogens with one attached hydrogen (secondary N) is 2. The molecule has 0 atom stereocenters. The van der Waals surface area contributed by atoms with Crippen LogP contribution in [0.4, 0.5) is 5.69 Å². The Balaban J connectivity index is 1.57. The quantitative estimate of drug-likeness (QED) is 0.368. The average molecular weight is 433 g/mol. The molecule has 0 unspecified atom stereocenters. The average Bonchev–Trinajstić information content (AvgIpc) is 2.79. The minimum absolute atomic E-state index is 0.185. The van der Waals surface area contributed by atoms with E-state index in [0.29, 0.717) is 36.0 Å². The van der Waals surface area contributed by atoms with Gasteiger partial charge in [0.2, 0.25) is 0 Å². The van der Waals surface area contributed by atoms with Crippen LogP contribution in [-0.2, 0) is 6.42 Å². The largest absolute Gasteiger partial charge is 0.492 e. The molecule has 0 fully saturated rings. The van der Waals surface area contributed by atoms with Crippen LogP contribution < -0.4 is 20.1 Å². The lowest BCUT2D eigenvalue weighted by molar-refractivity contribution is 0.0974. The van der Waals surface area contributed by atoms with Crippen LogP contribution in [0.3, 0.4) is 0 Å². The molecule has 0 saturated heterocycles. The molecule has 2 N–H and O–H groups in total. The Morgan fingerprint density at radius 1 is 0.968 bits per heavy atom. The predicted molar refractivity (Wildman–Crippen MR) is 128 cm³/mol. The molecule has 0 saturated carbocycles. The molecule has 1 amide bonds. The fourth-order valence-corrected chi connectivity index (χ4v) is 3.07. The van der Waals surface area contributed by atoms with Gasteiger partial charge in [-0.15, -0.1) is 0 Å². The minimum atomic E-state index is -0.341. The number of benzene rings is 3. The Labute approximate surface area is 187 Å². The maximum atomic E-state index is 12.8. The summed E-state index contributed by atoms with van der Waals surface area (Å²) in [5, 5.41) is 5.88. The number of amides is 1. The van der Waals surface area contributed by atoms with E-state index in [1.54, 1.807) is 30.3 Å². The summed E-state index contributed by atoms with van der Waals surface area (Å²) in [4.78, 5) is 12.8. The predicted octanol–water partition coefficient (Wildman–Crippen LogP) is 5.00. The Hall–Kier alpha value is -3.64. The first-order valence-corrected chi connectivity index (χ1v) is 10.3. The summed E-state index contributed by atoms with van der Waals surface area (Å²) in [5.41, 5.74) is 2.30. The van der Waals surface area contributed by atoms with Crippen LogP contribution in [0.2, 0.25) is 0 Å².